The second-order valence-electron chi connectivity index (χ2n) is 4.85. The molecule has 0 aliphatic carbocycles. The molecule has 0 saturated carbocycles. The standard InChI is InChI=1S/C18H19NO3/c1-3-16(20)13-8-10-14(11-9-13)18(21)19-12-15-6-4-5-7-17(15)22-2/h4-11H,3,12H2,1-2H3,(H,19,21). The highest BCUT2D eigenvalue weighted by atomic mass is 16.5. The molecule has 0 aliphatic rings. The minimum Gasteiger partial charge on any atom is -0.496 e. The summed E-state index contributed by atoms with van der Waals surface area (Å²) in [6.07, 6.45) is 0.458. The average molecular weight is 297 g/mol. The zero-order chi connectivity index (χ0) is 15.9. The lowest BCUT2D eigenvalue weighted by atomic mass is 10.1. The Kier molecular flexibility index (Phi) is 5.31. The van der Waals surface area contributed by atoms with E-state index < -0.39 is 0 Å². The first-order valence-corrected chi connectivity index (χ1v) is 7.19. The van der Waals surface area contributed by atoms with Gasteiger partial charge in [-0.2, -0.15) is 0 Å². The van der Waals surface area contributed by atoms with Gasteiger partial charge in [-0.05, 0) is 18.2 Å². The average Bonchev–Trinajstić information content (AvgIpc) is 2.59. The van der Waals surface area contributed by atoms with Crippen molar-refractivity contribution < 1.29 is 14.3 Å². The van der Waals surface area contributed by atoms with Crippen molar-refractivity contribution in [3.05, 3.63) is 65.2 Å². The lowest BCUT2D eigenvalue weighted by molar-refractivity contribution is 0.0947. The van der Waals surface area contributed by atoms with Gasteiger partial charge in [0.15, 0.2) is 5.78 Å². The zero-order valence-corrected chi connectivity index (χ0v) is 12.8. The van der Waals surface area contributed by atoms with E-state index >= 15 is 0 Å². The van der Waals surface area contributed by atoms with E-state index in [2.05, 4.69) is 5.32 Å². The molecule has 2 rings (SSSR count). The van der Waals surface area contributed by atoms with Gasteiger partial charge in [0.05, 0.1) is 7.11 Å². The molecule has 0 radical (unpaired) electrons. The van der Waals surface area contributed by atoms with Crippen LogP contribution in [0, 0.1) is 0 Å². The van der Waals surface area contributed by atoms with Crippen LogP contribution in [-0.2, 0) is 6.54 Å². The number of amides is 1. The number of methoxy groups -OCH3 is 1. The van der Waals surface area contributed by atoms with Crippen molar-refractivity contribution in [2.75, 3.05) is 7.11 Å². The molecule has 2 aromatic rings. The van der Waals surface area contributed by atoms with Crippen molar-refractivity contribution in [1.82, 2.24) is 5.32 Å². The summed E-state index contributed by atoms with van der Waals surface area (Å²) in [6, 6.07) is 14.2. The molecular formula is C18H19NO3. The Hall–Kier alpha value is -2.62. The van der Waals surface area contributed by atoms with E-state index in [4.69, 9.17) is 4.74 Å². The van der Waals surface area contributed by atoms with Crippen molar-refractivity contribution in [3.8, 4) is 5.75 Å². The number of ketones is 1. The molecule has 114 valence electrons. The van der Waals surface area contributed by atoms with E-state index in [0.717, 1.165) is 11.3 Å². The molecule has 0 aromatic heterocycles. The molecule has 22 heavy (non-hydrogen) atoms. The summed E-state index contributed by atoms with van der Waals surface area (Å²) in [6.45, 7) is 2.20. The van der Waals surface area contributed by atoms with Crippen LogP contribution in [0.4, 0.5) is 0 Å². The van der Waals surface area contributed by atoms with Crippen LogP contribution >= 0.6 is 0 Å². The molecule has 0 unspecified atom stereocenters. The van der Waals surface area contributed by atoms with Crippen LogP contribution < -0.4 is 10.1 Å². The minimum atomic E-state index is -0.179. The van der Waals surface area contributed by atoms with Crippen LogP contribution in [0.3, 0.4) is 0 Å². The molecule has 0 bridgehead atoms. The third-order valence-corrected chi connectivity index (χ3v) is 3.42. The van der Waals surface area contributed by atoms with E-state index in [1.807, 2.05) is 31.2 Å². The van der Waals surface area contributed by atoms with Crippen LogP contribution in [0.25, 0.3) is 0 Å². The van der Waals surface area contributed by atoms with Crippen molar-refractivity contribution in [2.45, 2.75) is 19.9 Å². The Balaban J connectivity index is 2.02. The lowest BCUT2D eigenvalue weighted by Gasteiger charge is -2.09. The van der Waals surface area contributed by atoms with Gasteiger partial charge in [0.1, 0.15) is 5.75 Å². The van der Waals surface area contributed by atoms with Gasteiger partial charge in [0, 0.05) is 29.7 Å². The summed E-state index contributed by atoms with van der Waals surface area (Å²) in [4.78, 5) is 23.7. The number of carbonyl (C=O) groups is 2. The fourth-order valence-corrected chi connectivity index (χ4v) is 2.14. The number of benzene rings is 2. The number of hydrogen-bond acceptors (Lipinski definition) is 3. The quantitative estimate of drug-likeness (QED) is 0.833. The van der Waals surface area contributed by atoms with E-state index in [9.17, 15) is 9.59 Å². The first-order chi connectivity index (χ1) is 10.7. The maximum absolute atomic E-state index is 12.1. The number of rotatable bonds is 6. The van der Waals surface area contributed by atoms with Gasteiger partial charge < -0.3 is 10.1 Å². The fraction of sp³-hybridized carbons (Fsp3) is 0.222. The molecule has 1 amide bonds. The molecule has 0 aliphatic heterocycles. The highest BCUT2D eigenvalue weighted by molar-refractivity contribution is 5.98. The number of ether oxygens (including phenoxy) is 1. The summed E-state index contributed by atoms with van der Waals surface area (Å²) in [5.74, 6) is 0.633. The largest absolute Gasteiger partial charge is 0.496 e. The number of Topliss-reactive ketones (excluding diaryl/α,β-unsaturated/α-hetero) is 1. The Bertz CT molecular complexity index is 662. The van der Waals surface area contributed by atoms with Crippen molar-refractivity contribution in [3.63, 3.8) is 0 Å². The maximum atomic E-state index is 12.1. The summed E-state index contributed by atoms with van der Waals surface area (Å²) < 4.78 is 5.25. The Morgan fingerprint density at radius 3 is 2.27 bits per heavy atom. The van der Waals surface area contributed by atoms with Gasteiger partial charge in [-0.3, -0.25) is 9.59 Å². The fourth-order valence-electron chi connectivity index (χ4n) is 2.14. The van der Waals surface area contributed by atoms with E-state index in [0.29, 0.717) is 24.1 Å². The van der Waals surface area contributed by atoms with Crippen LogP contribution in [0.15, 0.2) is 48.5 Å². The van der Waals surface area contributed by atoms with Gasteiger partial charge in [0.2, 0.25) is 0 Å². The lowest BCUT2D eigenvalue weighted by Crippen LogP contribution is -2.23. The normalized spacial score (nSPS) is 10.1. The van der Waals surface area contributed by atoms with Gasteiger partial charge >= 0.3 is 0 Å². The number of hydrogen-bond donors (Lipinski definition) is 1. The van der Waals surface area contributed by atoms with Crippen LogP contribution in [0.5, 0.6) is 5.75 Å². The maximum Gasteiger partial charge on any atom is 0.251 e. The monoisotopic (exact) mass is 297 g/mol. The Labute approximate surface area is 130 Å². The van der Waals surface area contributed by atoms with Crippen molar-refractivity contribution in [2.24, 2.45) is 0 Å². The molecule has 1 N–H and O–H groups in total. The van der Waals surface area contributed by atoms with Gasteiger partial charge in [-0.1, -0.05) is 37.3 Å². The summed E-state index contributed by atoms with van der Waals surface area (Å²) in [5.41, 5.74) is 2.07. The molecule has 0 atom stereocenters. The van der Waals surface area contributed by atoms with Crippen molar-refractivity contribution >= 4 is 11.7 Å². The smallest absolute Gasteiger partial charge is 0.251 e. The molecule has 4 heteroatoms. The molecule has 4 nitrogen and oxygen atoms in total. The highest BCUT2D eigenvalue weighted by Gasteiger charge is 2.09. The Morgan fingerprint density at radius 1 is 1.00 bits per heavy atom. The van der Waals surface area contributed by atoms with Crippen LogP contribution in [-0.4, -0.2) is 18.8 Å². The van der Waals surface area contributed by atoms with Crippen LogP contribution in [0.2, 0.25) is 0 Å². The molecule has 0 fully saturated rings. The van der Waals surface area contributed by atoms with E-state index in [1.54, 1.807) is 31.4 Å². The van der Waals surface area contributed by atoms with Crippen molar-refractivity contribution in [1.29, 1.82) is 0 Å². The van der Waals surface area contributed by atoms with Gasteiger partial charge in [-0.25, -0.2) is 0 Å². The molecule has 0 heterocycles. The summed E-state index contributed by atoms with van der Waals surface area (Å²) in [7, 11) is 1.60. The number of nitrogens with one attached hydrogen (secondary N) is 1. The minimum absolute atomic E-state index is 0.0704. The van der Waals surface area contributed by atoms with E-state index in [-0.39, 0.29) is 11.7 Å². The first-order valence-electron chi connectivity index (χ1n) is 7.19. The topological polar surface area (TPSA) is 55.4 Å². The molecular weight excluding hydrogens is 278 g/mol. The van der Waals surface area contributed by atoms with Gasteiger partial charge in [-0.15, -0.1) is 0 Å². The summed E-state index contributed by atoms with van der Waals surface area (Å²) >= 11 is 0. The molecule has 0 saturated heterocycles. The molecule has 2 aromatic carbocycles. The second-order valence-corrected chi connectivity index (χ2v) is 4.85. The third-order valence-electron chi connectivity index (χ3n) is 3.42. The summed E-state index contributed by atoms with van der Waals surface area (Å²) in [5, 5.41) is 2.85. The Morgan fingerprint density at radius 2 is 1.64 bits per heavy atom. The number of carbonyl (C=O) groups excluding carboxylic acids is 2. The zero-order valence-electron chi connectivity index (χ0n) is 12.8. The highest BCUT2D eigenvalue weighted by Crippen LogP contribution is 2.17. The first kappa shape index (κ1) is 15.8. The predicted molar refractivity (Wildman–Crippen MR) is 85.2 cm³/mol. The molecule has 0 spiro atoms. The SMILES string of the molecule is CCC(=O)c1ccc(C(=O)NCc2ccccc2OC)cc1. The predicted octanol–water partition coefficient (Wildman–Crippen LogP) is 3.22. The van der Waals surface area contributed by atoms with Gasteiger partial charge in [0.25, 0.3) is 5.91 Å². The number of para-hydroxylation sites is 1. The van der Waals surface area contributed by atoms with E-state index in [1.165, 1.54) is 0 Å². The third kappa shape index (κ3) is 3.73. The second kappa shape index (κ2) is 7.41. The van der Waals surface area contributed by atoms with Crippen LogP contribution in [0.1, 0.15) is 39.6 Å².